The van der Waals surface area contributed by atoms with E-state index in [0.29, 0.717) is 36.7 Å². The molecular weight excluding hydrogens is 463 g/mol. The summed E-state index contributed by atoms with van der Waals surface area (Å²) in [7, 11) is 0. The Hall–Kier alpha value is -3.27. The molecule has 0 saturated carbocycles. The van der Waals surface area contributed by atoms with Crippen LogP contribution in [0.5, 0.6) is 5.75 Å². The molecule has 34 heavy (non-hydrogen) atoms. The number of aliphatic hydroxyl groups excluding tert-OH is 1. The number of nitrogens with one attached hydrogen (secondary N) is 1. The van der Waals surface area contributed by atoms with Gasteiger partial charge in [0.15, 0.2) is 0 Å². The molecule has 0 aliphatic rings. The van der Waals surface area contributed by atoms with Gasteiger partial charge in [0.1, 0.15) is 17.4 Å². The first-order valence-electron chi connectivity index (χ1n) is 10.6. The van der Waals surface area contributed by atoms with E-state index >= 15 is 0 Å². The summed E-state index contributed by atoms with van der Waals surface area (Å²) in [6.45, 7) is 1.41. The summed E-state index contributed by atoms with van der Waals surface area (Å²) >= 11 is 1.43. The molecule has 0 fully saturated rings. The summed E-state index contributed by atoms with van der Waals surface area (Å²) in [4.78, 5) is 8.55. The zero-order valence-corrected chi connectivity index (χ0v) is 18.8. The predicted molar refractivity (Wildman–Crippen MR) is 126 cm³/mol. The minimum absolute atomic E-state index is 0.402. The van der Waals surface area contributed by atoms with Gasteiger partial charge in [-0.05, 0) is 42.5 Å². The summed E-state index contributed by atoms with van der Waals surface area (Å²) in [5.41, 5.74) is 2.25. The number of ether oxygens (including phenoxy) is 1. The molecule has 0 bridgehead atoms. The average molecular weight is 486 g/mol. The molecule has 2 heterocycles. The largest absolute Gasteiger partial charge is 0.492 e. The topological polar surface area (TPSA) is 67.3 Å². The number of benzene rings is 2. The van der Waals surface area contributed by atoms with Gasteiger partial charge in [0.05, 0.1) is 17.4 Å². The normalized spacial score (nSPS) is 12.5. The van der Waals surface area contributed by atoms with Gasteiger partial charge in [-0.15, -0.1) is 11.3 Å². The zero-order valence-electron chi connectivity index (χ0n) is 18.0. The van der Waals surface area contributed by atoms with Crippen molar-refractivity contribution in [3.05, 3.63) is 89.6 Å². The molecule has 1 atom stereocenters. The maximum Gasteiger partial charge on any atom is 0.416 e. The van der Waals surface area contributed by atoms with Gasteiger partial charge in [-0.2, -0.15) is 13.2 Å². The maximum absolute atomic E-state index is 12.8. The lowest BCUT2D eigenvalue weighted by Crippen LogP contribution is -2.26. The van der Waals surface area contributed by atoms with E-state index in [4.69, 9.17) is 4.74 Å². The van der Waals surface area contributed by atoms with Crippen molar-refractivity contribution in [2.75, 3.05) is 19.7 Å². The minimum atomic E-state index is -4.35. The van der Waals surface area contributed by atoms with E-state index < -0.39 is 17.8 Å². The lowest BCUT2D eigenvalue weighted by atomic mass is 10.1. The highest BCUT2D eigenvalue weighted by Gasteiger charge is 2.30. The van der Waals surface area contributed by atoms with E-state index in [1.54, 1.807) is 18.5 Å². The number of hydrogen-bond donors (Lipinski definition) is 2. The summed E-state index contributed by atoms with van der Waals surface area (Å²) in [5.74, 6) is 0.706. The quantitative estimate of drug-likeness (QED) is 0.303. The van der Waals surface area contributed by atoms with Gasteiger partial charge in [0.25, 0.3) is 0 Å². The first-order chi connectivity index (χ1) is 16.4. The van der Waals surface area contributed by atoms with Crippen LogP contribution in [-0.4, -0.2) is 34.8 Å². The number of thiazole rings is 1. The summed E-state index contributed by atoms with van der Waals surface area (Å²) in [6, 6.07) is 16.1. The molecule has 0 saturated heterocycles. The maximum atomic E-state index is 12.8. The second-order valence-electron chi connectivity index (χ2n) is 7.49. The van der Waals surface area contributed by atoms with Crippen LogP contribution < -0.4 is 10.1 Å². The molecule has 0 amide bonds. The Morgan fingerprint density at radius 2 is 1.74 bits per heavy atom. The average Bonchev–Trinajstić information content (AvgIpc) is 3.34. The van der Waals surface area contributed by atoms with Crippen LogP contribution in [0.2, 0.25) is 0 Å². The van der Waals surface area contributed by atoms with Crippen LogP contribution in [-0.2, 0) is 6.18 Å². The van der Waals surface area contributed by atoms with Crippen molar-refractivity contribution in [1.29, 1.82) is 0 Å². The third kappa shape index (κ3) is 6.19. The fourth-order valence-corrected chi connectivity index (χ4v) is 4.07. The Morgan fingerprint density at radius 1 is 1.00 bits per heavy atom. The second kappa shape index (κ2) is 10.8. The van der Waals surface area contributed by atoms with Gasteiger partial charge < -0.3 is 15.2 Å². The molecule has 0 aliphatic heterocycles. The van der Waals surface area contributed by atoms with Crippen LogP contribution in [0, 0.1) is 0 Å². The molecule has 2 aromatic heterocycles. The van der Waals surface area contributed by atoms with Crippen LogP contribution in [0.3, 0.4) is 0 Å². The first-order valence-corrected chi connectivity index (χ1v) is 11.4. The molecule has 0 radical (unpaired) electrons. The third-order valence-electron chi connectivity index (χ3n) is 5.07. The molecule has 0 unspecified atom stereocenters. The Labute approximate surface area is 198 Å². The van der Waals surface area contributed by atoms with E-state index in [9.17, 15) is 18.3 Å². The molecule has 0 spiro atoms. The van der Waals surface area contributed by atoms with E-state index in [2.05, 4.69) is 15.3 Å². The monoisotopic (exact) mass is 485 g/mol. The summed E-state index contributed by atoms with van der Waals surface area (Å²) < 4.78 is 44.0. The van der Waals surface area contributed by atoms with Crippen molar-refractivity contribution in [1.82, 2.24) is 15.3 Å². The van der Waals surface area contributed by atoms with Crippen LogP contribution in [0.25, 0.3) is 21.8 Å². The van der Waals surface area contributed by atoms with Crippen molar-refractivity contribution < 1.29 is 23.0 Å². The van der Waals surface area contributed by atoms with Gasteiger partial charge in [-0.3, -0.25) is 4.98 Å². The molecular formula is C25H22F3N3O2S. The molecule has 4 aromatic rings. The summed E-state index contributed by atoms with van der Waals surface area (Å²) in [6.07, 6.45) is -1.68. The van der Waals surface area contributed by atoms with Crippen molar-refractivity contribution >= 4 is 11.3 Å². The van der Waals surface area contributed by atoms with Crippen molar-refractivity contribution in [3.63, 3.8) is 0 Å². The standard InChI is InChI=1S/C25H22F3N3O2S/c26-25(27,28)20-7-3-17(4-8-20)22-16-34-24(31-22)18-5-9-21(10-6-18)33-13-12-30-15-23(32)19-2-1-11-29-14-19/h1-11,14,16,23,30,32H,12-13,15H2/t23-/m0/s1. The number of nitrogens with zero attached hydrogens (tertiary/aromatic N) is 2. The molecule has 2 aromatic carbocycles. The highest BCUT2D eigenvalue weighted by atomic mass is 32.1. The van der Waals surface area contributed by atoms with Crippen LogP contribution in [0.15, 0.2) is 78.4 Å². The number of aromatic nitrogens is 2. The molecule has 5 nitrogen and oxygen atoms in total. The lowest BCUT2D eigenvalue weighted by molar-refractivity contribution is -0.137. The Kier molecular flexibility index (Phi) is 7.56. The smallest absolute Gasteiger partial charge is 0.416 e. The van der Waals surface area contributed by atoms with Gasteiger partial charge >= 0.3 is 6.18 Å². The highest BCUT2D eigenvalue weighted by Crippen LogP contribution is 2.33. The number of hydrogen-bond acceptors (Lipinski definition) is 6. The highest BCUT2D eigenvalue weighted by molar-refractivity contribution is 7.13. The van der Waals surface area contributed by atoms with Crippen LogP contribution in [0.4, 0.5) is 13.2 Å². The van der Waals surface area contributed by atoms with Crippen LogP contribution in [0.1, 0.15) is 17.2 Å². The molecule has 0 aliphatic carbocycles. The number of pyridine rings is 1. The van der Waals surface area contributed by atoms with Gasteiger partial charge in [0, 0.05) is 47.6 Å². The number of rotatable bonds is 9. The van der Waals surface area contributed by atoms with Crippen molar-refractivity contribution in [2.24, 2.45) is 0 Å². The number of halogens is 3. The fraction of sp³-hybridized carbons (Fsp3) is 0.200. The Balaban J connectivity index is 1.26. The predicted octanol–water partition coefficient (Wildman–Crippen LogP) is 5.59. The first kappa shape index (κ1) is 23.9. The Morgan fingerprint density at radius 3 is 2.41 bits per heavy atom. The van der Waals surface area contributed by atoms with E-state index in [0.717, 1.165) is 28.3 Å². The number of aliphatic hydroxyl groups is 1. The zero-order chi connectivity index (χ0) is 24.0. The third-order valence-corrected chi connectivity index (χ3v) is 5.96. The minimum Gasteiger partial charge on any atom is -0.492 e. The van der Waals surface area contributed by atoms with Gasteiger partial charge in [-0.25, -0.2) is 4.98 Å². The fourth-order valence-electron chi connectivity index (χ4n) is 3.23. The van der Waals surface area contributed by atoms with E-state index in [-0.39, 0.29) is 0 Å². The van der Waals surface area contributed by atoms with Crippen molar-refractivity contribution in [3.8, 4) is 27.6 Å². The molecule has 176 valence electrons. The molecule has 9 heteroatoms. The van der Waals surface area contributed by atoms with E-state index in [1.165, 1.54) is 23.5 Å². The lowest BCUT2D eigenvalue weighted by Gasteiger charge is -2.12. The van der Waals surface area contributed by atoms with Crippen LogP contribution >= 0.6 is 11.3 Å². The summed E-state index contributed by atoms with van der Waals surface area (Å²) in [5, 5.41) is 15.8. The van der Waals surface area contributed by atoms with Gasteiger partial charge in [-0.1, -0.05) is 18.2 Å². The molecule has 2 N–H and O–H groups in total. The Bertz CT molecular complexity index is 1180. The SMILES string of the molecule is O[C@@H](CNCCOc1ccc(-c2nc(-c3ccc(C(F)(F)F)cc3)cs2)cc1)c1cccnc1. The van der Waals surface area contributed by atoms with Crippen molar-refractivity contribution in [2.45, 2.75) is 12.3 Å². The van der Waals surface area contributed by atoms with Gasteiger partial charge in [0.2, 0.25) is 0 Å². The number of alkyl halides is 3. The van der Waals surface area contributed by atoms with E-state index in [1.807, 2.05) is 35.7 Å². The molecule has 4 rings (SSSR count). The second-order valence-corrected chi connectivity index (χ2v) is 8.35.